The lowest BCUT2D eigenvalue weighted by atomic mass is 10.0. The minimum atomic E-state index is -0.674. The Bertz CT molecular complexity index is 1030. The van der Waals surface area contributed by atoms with E-state index in [2.05, 4.69) is 47.4 Å². The summed E-state index contributed by atoms with van der Waals surface area (Å²) in [6.07, 6.45) is 9.37. The summed E-state index contributed by atoms with van der Waals surface area (Å²) in [5.41, 5.74) is 5.42. The van der Waals surface area contributed by atoms with Gasteiger partial charge in [0.25, 0.3) is 0 Å². The van der Waals surface area contributed by atoms with Crippen LogP contribution in [0, 0.1) is 0 Å². The van der Waals surface area contributed by atoms with Gasteiger partial charge in [-0.15, -0.1) is 0 Å². The molecule has 1 aromatic heterocycles. The van der Waals surface area contributed by atoms with Crippen molar-refractivity contribution in [3.8, 4) is 11.3 Å². The Morgan fingerprint density at radius 3 is 2.58 bits per heavy atom. The Hall–Kier alpha value is -3.18. The second-order valence-corrected chi connectivity index (χ2v) is 8.90. The van der Waals surface area contributed by atoms with Crippen LogP contribution in [-0.2, 0) is 0 Å². The molecule has 0 saturated carbocycles. The Kier molecular flexibility index (Phi) is 9.61. The van der Waals surface area contributed by atoms with Gasteiger partial charge in [-0.05, 0) is 68.5 Å². The number of pyridine rings is 1. The number of nitrogens with zero attached hydrogens (tertiary/aromatic N) is 3. The minimum absolute atomic E-state index is 0.674. The number of aliphatic imine (C=N–C) groups is 1. The van der Waals surface area contributed by atoms with E-state index in [0.29, 0.717) is 6.42 Å². The SMILES string of the molecule is C=C/C(=C\N(C)C)c1cccc(-c2ccc(/C(C=NC)=C/C)c(NCCCC(C)(C)O)n2)c1. The van der Waals surface area contributed by atoms with E-state index in [0.717, 1.165) is 52.3 Å². The van der Waals surface area contributed by atoms with Gasteiger partial charge in [0.1, 0.15) is 5.82 Å². The van der Waals surface area contributed by atoms with Crippen molar-refractivity contribution >= 4 is 23.2 Å². The van der Waals surface area contributed by atoms with Crippen molar-refractivity contribution in [1.82, 2.24) is 9.88 Å². The number of rotatable bonds is 11. The molecule has 33 heavy (non-hydrogen) atoms. The number of aliphatic hydroxyl groups is 1. The van der Waals surface area contributed by atoms with Gasteiger partial charge in [-0.1, -0.05) is 36.9 Å². The van der Waals surface area contributed by atoms with Crippen LogP contribution in [0.1, 0.15) is 44.7 Å². The van der Waals surface area contributed by atoms with E-state index in [1.165, 1.54) is 0 Å². The highest BCUT2D eigenvalue weighted by atomic mass is 16.3. The van der Waals surface area contributed by atoms with E-state index in [1.54, 1.807) is 7.05 Å². The van der Waals surface area contributed by atoms with Gasteiger partial charge in [0, 0.05) is 51.2 Å². The fraction of sp³-hybridized carbons (Fsp3) is 0.357. The van der Waals surface area contributed by atoms with E-state index >= 15 is 0 Å². The third-order valence-electron chi connectivity index (χ3n) is 5.15. The number of hydrogen-bond acceptors (Lipinski definition) is 5. The van der Waals surface area contributed by atoms with Crippen molar-refractivity contribution in [1.29, 1.82) is 0 Å². The molecule has 0 amide bonds. The average Bonchev–Trinajstić information content (AvgIpc) is 2.78. The molecule has 1 heterocycles. The number of allylic oxidation sites excluding steroid dienone is 4. The summed E-state index contributed by atoms with van der Waals surface area (Å²) < 4.78 is 0. The van der Waals surface area contributed by atoms with Gasteiger partial charge in [-0.2, -0.15) is 0 Å². The van der Waals surface area contributed by atoms with Gasteiger partial charge in [0.15, 0.2) is 0 Å². The highest BCUT2D eigenvalue weighted by molar-refractivity contribution is 6.11. The maximum atomic E-state index is 10.0. The van der Waals surface area contributed by atoms with Crippen LogP contribution in [0.5, 0.6) is 0 Å². The number of nitrogens with one attached hydrogen (secondary N) is 1. The van der Waals surface area contributed by atoms with Crippen LogP contribution in [0.25, 0.3) is 22.4 Å². The first-order valence-electron chi connectivity index (χ1n) is 11.4. The molecule has 5 heteroatoms. The van der Waals surface area contributed by atoms with Gasteiger partial charge < -0.3 is 15.3 Å². The lowest BCUT2D eigenvalue weighted by Crippen LogP contribution is -2.20. The summed E-state index contributed by atoms with van der Waals surface area (Å²) in [7, 11) is 5.77. The van der Waals surface area contributed by atoms with Crippen molar-refractivity contribution in [2.75, 3.05) is 33.0 Å². The highest BCUT2D eigenvalue weighted by Gasteiger charge is 2.13. The molecular formula is C28H38N4O. The van der Waals surface area contributed by atoms with Crippen LogP contribution in [0.2, 0.25) is 0 Å². The van der Waals surface area contributed by atoms with Gasteiger partial charge in [0.05, 0.1) is 11.3 Å². The molecule has 0 fully saturated rings. The third kappa shape index (κ3) is 8.03. The molecule has 0 unspecified atom stereocenters. The molecule has 2 aromatic rings. The van der Waals surface area contributed by atoms with Crippen molar-refractivity contribution in [2.45, 2.75) is 39.2 Å². The largest absolute Gasteiger partial charge is 0.390 e. The molecule has 0 atom stereocenters. The second kappa shape index (κ2) is 12.2. The summed E-state index contributed by atoms with van der Waals surface area (Å²) in [4.78, 5) is 11.2. The van der Waals surface area contributed by atoms with Crippen molar-refractivity contribution < 1.29 is 5.11 Å². The minimum Gasteiger partial charge on any atom is -0.390 e. The van der Waals surface area contributed by atoms with Crippen molar-refractivity contribution in [3.63, 3.8) is 0 Å². The van der Waals surface area contributed by atoms with Crippen LogP contribution in [0.15, 0.2) is 66.3 Å². The molecule has 0 saturated heterocycles. The van der Waals surface area contributed by atoms with E-state index in [-0.39, 0.29) is 0 Å². The van der Waals surface area contributed by atoms with E-state index in [4.69, 9.17) is 4.98 Å². The van der Waals surface area contributed by atoms with Crippen LogP contribution in [0.4, 0.5) is 5.82 Å². The molecule has 0 radical (unpaired) electrons. The molecule has 2 N–H and O–H groups in total. The standard InChI is InChI=1S/C28H38N4O/c1-8-21(19-29-5)25-14-15-26(31-27(25)30-17-11-16-28(3,4)33)24-13-10-12-23(18-24)22(9-2)20-32(6)7/h8-10,12-15,18-20,33H,2,11,16-17H2,1,3-7H3,(H,30,31)/b21-8+,22-20+,29-19?. The quantitative estimate of drug-likeness (QED) is 0.256. The lowest BCUT2D eigenvalue weighted by Gasteiger charge is -2.18. The first-order valence-corrected chi connectivity index (χ1v) is 11.4. The molecule has 1 aromatic carbocycles. The topological polar surface area (TPSA) is 60.8 Å². The summed E-state index contributed by atoms with van der Waals surface area (Å²) in [5.74, 6) is 0.814. The van der Waals surface area contributed by atoms with Gasteiger partial charge >= 0.3 is 0 Å². The van der Waals surface area contributed by atoms with Gasteiger partial charge in [-0.3, -0.25) is 4.99 Å². The number of anilines is 1. The molecule has 0 spiro atoms. The second-order valence-electron chi connectivity index (χ2n) is 8.90. The Labute approximate surface area is 199 Å². The summed E-state index contributed by atoms with van der Waals surface area (Å²) in [6, 6.07) is 12.5. The Morgan fingerprint density at radius 1 is 1.21 bits per heavy atom. The number of hydrogen-bond donors (Lipinski definition) is 2. The zero-order chi connectivity index (χ0) is 24.4. The third-order valence-corrected chi connectivity index (χ3v) is 5.15. The maximum Gasteiger partial charge on any atom is 0.134 e. The van der Waals surface area contributed by atoms with Crippen molar-refractivity contribution in [3.05, 3.63) is 72.5 Å². The molecular weight excluding hydrogens is 408 g/mol. The average molecular weight is 447 g/mol. The van der Waals surface area contributed by atoms with Crippen LogP contribution < -0.4 is 5.32 Å². The van der Waals surface area contributed by atoms with E-state index < -0.39 is 5.60 Å². The first-order chi connectivity index (χ1) is 15.7. The van der Waals surface area contributed by atoms with Crippen molar-refractivity contribution in [2.24, 2.45) is 4.99 Å². The molecule has 176 valence electrons. The van der Waals surface area contributed by atoms with E-state index in [9.17, 15) is 5.11 Å². The molecule has 0 aliphatic heterocycles. The fourth-order valence-corrected chi connectivity index (χ4v) is 3.54. The summed E-state index contributed by atoms with van der Waals surface area (Å²) >= 11 is 0. The Morgan fingerprint density at radius 2 is 1.97 bits per heavy atom. The predicted molar refractivity (Wildman–Crippen MR) is 144 cm³/mol. The fourth-order valence-electron chi connectivity index (χ4n) is 3.54. The zero-order valence-corrected chi connectivity index (χ0v) is 20.9. The maximum absolute atomic E-state index is 10.0. The molecule has 0 aliphatic carbocycles. The molecule has 5 nitrogen and oxygen atoms in total. The normalized spacial score (nSPS) is 12.8. The van der Waals surface area contributed by atoms with E-state index in [1.807, 2.05) is 70.3 Å². The summed E-state index contributed by atoms with van der Waals surface area (Å²) in [5, 5.41) is 13.5. The lowest BCUT2D eigenvalue weighted by molar-refractivity contribution is 0.0698. The van der Waals surface area contributed by atoms with Gasteiger partial charge in [-0.25, -0.2) is 4.98 Å². The zero-order valence-electron chi connectivity index (χ0n) is 20.9. The monoisotopic (exact) mass is 446 g/mol. The Balaban J connectivity index is 2.44. The molecule has 0 bridgehead atoms. The van der Waals surface area contributed by atoms with Gasteiger partial charge in [0.2, 0.25) is 0 Å². The number of aromatic nitrogens is 1. The summed E-state index contributed by atoms with van der Waals surface area (Å²) in [6.45, 7) is 10.4. The first kappa shape index (κ1) is 26.1. The molecule has 0 aliphatic rings. The smallest absolute Gasteiger partial charge is 0.134 e. The number of benzene rings is 1. The van der Waals surface area contributed by atoms with Crippen LogP contribution >= 0.6 is 0 Å². The van der Waals surface area contributed by atoms with Crippen LogP contribution in [0.3, 0.4) is 0 Å². The molecule has 2 rings (SSSR count). The van der Waals surface area contributed by atoms with Crippen LogP contribution in [-0.4, -0.2) is 54.5 Å². The highest BCUT2D eigenvalue weighted by Crippen LogP contribution is 2.28. The predicted octanol–water partition coefficient (Wildman–Crippen LogP) is 5.90.